The number of anilines is 1. The molecule has 0 radical (unpaired) electrons. The lowest BCUT2D eigenvalue weighted by molar-refractivity contribution is -0.118. The minimum absolute atomic E-state index is 0.105. The maximum absolute atomic E-state index is 12.5. The molecule has 1 aliphatic carbocycles. The molecule has 27 heavy (non-hydrogen) atoms. The highest BCUT2D eigenvalue weighted by molar-refractivity contribution is 7.17. The summed E-state index contributed by atoms with van der Waals surface area (Å²) in [5.74, 6) is 0.617. The first-order valence-electron chi connectivity index (χ1n) is 9.29. The first kappa shape index (κ1) is 19.4. The fourth-order valence-electron chi connectivity index (χ4n) is 3.28. The minimum Gasteiger partial charge on any atom is -0.483 e. The second-order valence-corrected chi connectivity index (χ2v) is 7.98. The topological polar surface area (TPSA) is 64.6 Å². The molecular formula is C21H25NO4S. The summed E-state index contributed by atoms with van der Waals surface area (Å²) in [5, 5.41) is 3.44. The highest BCUT2D eigenvalue weighted by Gasteiger charge is 2.29. The van der Waals surface area contributed by atoms with Gasteiger partial charge in [0.15, 0.2) is 6.61 Å². The first-order chi connectivity index (χ1) is 13.0. The number of fused-ring (bicyclic) bond motifs is 1. The summed E-state index contributed by atoms with van der Waals surface area (Å²) in [5.41, 5.74) is 2.53. The van der Waals surface area contributed by atoms with E-state index in [0.29, 0.717) is 28.8 Å². The van der Waals surface area contributed by atoms with Crippen LogP contribution >= 0.6 is 11.3 Å². The number of amides is 1. The number of hydrogen-bond donors (Lipinski definition) is 1. The fourth-order valence-corrected chi connectivity index (χ4v) is 4.70. The van der Waals surface area contributed by atoms with Crippen LogP contribution in [0.5, 0.6) is 5.75 Å². The zero-order chi connectivity index (χ0) is 19.4. The lowest BCUT2D eigenvalue weighted by Gasteiger charge is -2.18. The molecule has 0 aliphatic heterocycles. The number of ether oxygens (including phenoxy) is 2. The van der Waals surface area contributed by atoms with Gasteiger partial charge in [-0.3, -0.25) is 4.79 Å². The molecule has 6 heteroatoms. The van der Waals surface area contributed by atoms with Crippen LogP contribution < -0.4 is 10.1 Å². The molecule has 3 rings (SSSR count). The van der Waals surface area contributed by atoms with Crippen molar-refractivity contribution in [3.8, 4) is 5.75 Å². The van der Waals surface area contributed by atoms with E-state index in [4.69, 9.17) is 9.47 Å². The molecule has 1 amide bonds. The molecule has 144 valence electrons. The van der Waals surface area contributed by atoms with E-state index < -0.39 is 0 Å². The normalized spacial score (nSPS) is 15.7. The number of thiophene rings is 1. The van der Waals surface area contributed by atoms with E-state index in [9.17, 15) is 9.59 Å². The molecule has 0 bridgehead atoms. The Hall–Kier alpha value is -2.34. The van der Waals surface area contributed by atoms with Gasteiger partial charge in [-0.2, -0.15) is 0 Å². The Morgan fingerprint density at radius 3 is 2.81 bits per heavy atom. The fraction of sp³-hybridized carbons (Fsp3) is 0.429. The SMILES string of the molecule is CCOC(=O)c1c(NC(=O)COc2ccccc2C)sc2c1CCC(C)C2. The monoisotopic (exact) mass is 387 g/mol. The van der Waals surface area contributed by atoms with Crippen molar-refractivity contribution in [3.05, 3.63) is 45.8 Å². The van der Waals surface area contributed by atoms with Gasteiger partial charge in [-0.25, -0.2) is 4.79 Å². The van der Waals surface area contributed by atoms with Crippen molar-refractivity contribution < 1.29 is 19.1 Å². The smallest absolute Gasteiger partial charge is 0.341 e. The second kappa shape index (κ2) is 8.57. The number of rotatable bonds is 6. The lowest BCUT2D eigenvalue weighted by Crippen LogP contribution is -2.21. The van der Waals surface area contributed by atoms with Crippen molar-refractivity contribution in [1.82, 2.24) is 0 Å². The number of hydrogen-bond acceptors (Lipinski definition) is 5. The number of aryl methyl sites for hydroxylation is 1. The zero-order valence-corrected chi connectivity index (χ0v) is 16.8. The van der Waals surface area contributed by atoms with E-state index in [-0.39, 0.29) is 18.5 Å². The summed E-state index contributed by atoms with van der Waals surface area (Å²) in [6.07, 6.45) is 2.82. The van der Waals surface area contributed by atoms with Gasteiger partial charge in [0, 0.05) is 4.88 Å². The van der Waals surface area contributed by atoms with Crippen LogP contribution in [-0.4, -0.2) is 25.1 Å². The van der Waals surface area contributed by atoms with Gasteiger partial charge in [0.25, 0.3) is 5.91 Å². The average Bonchev–Trinajstić information content (AvgIpc) is 2.98. The third-order valence-corrected chi connectivity index (χ3v) is 5.87. The van der Waals surface area contributed by atoms with Gasteiger partial charge in [-0.15, -0.1) is 11.3 Å². The van der Waals surface area contributed by atoms with Gasteiger partial charge >= 0.3 is 5.97 Å². The third kappa shape index (κ3) is 4.50. The molecule has 1 aliphatic rings. The summed E-state index contributed by atoms with van der Waals surface area (Å²) in [6, 6.07) is 7.55. The molecule has 1 aromatic carbocycles. The Balaban J connectivity index is 1.76. The van der Waals surface area contributed by atoms with Gasteiger partial charge in [0.1, 0.15) is 10.8 Å². The Kier molecular flexibility index (Phi) is 6.16. The predicted molar refractivity (Wildman–Crippen MR) is 107 cm³/mol. The van der Waals surface area contributed by atoms with Gasteiger partial charge in [0.05, 0.1) is 12.2 Å². The Bertz CT molecular complexity index is 843. The van der Waals surface area contributed by atoms with Gasteiger partial charge in [0.2, 0.25) is 0 Å². The minimum atomic E-state index is -0.361. The molecule has 1 heterocycles. The quantitative estimate of drug-likeness (QED) is 0.747. The molecule has 1 atom stereocenters. The summed E-state index contributed by atoms with van der Waals surface area (Å²) in [4.78, 5) is 26.1. The number of carbonyl (C=O) groups excluding carboxylic acids is 2. The third-order valence-electron chi connectivity index (χ3n) is 4.70. The molecule has 1 unspecified atom stereocenters. The van der Waals surface area contributed by atoms with Gasteiger partial charge in [-0.05, 0) is 56.2 Å². The molecule has 0 fully saturated rings. The summed E-state index contributed by atoms with van der Waals surface area (Å²) >= 11 is 1.48. The van der Waals surface area contributed by atoms with Crippen LogP contribution in [0.2, 0.25) is 0 Å². The summed E-state index contributed by atoms with van der Waals surface area (Å²) in [6.45, 7) is 6.13. The average molecular weight is 388 g/mol. The van der Waals surface area contributed by atoms with Crippen molar-refractivity contribution in [3.63, 3.8) is 0 Å². The Labute approximate surface area is 163 Å². The number of para-hydroxylation sites is 1. The zero-order valence-electron chi connectivity index (χ0n) is 16.0. The lowest BCUT2D eigenvalue weighted by atomic mass is 9.88. The van der Waals surface area contributed by atoms with Crippen molar-refractivity contribution in [2.24, 2.45) is 5.92 Å². The van der Waals surface area contributed by atoms with Crippen LogP contribution in [0.15, 0.2) is 24.3 Å². The highest BCUT2D eigenvalue weighted by atomic mass is 32.1. The number of nitrogens with one attached hydrogen (secondary N) is 1. The molecule has 0 saturated carbocycles. The Morgan fingerprint density at radius 1 is 1.30 bits per heavy atom. The predicted octanol–water partition coefficient (Wildman–Crippen LogP) is 4.38. The van der Waals surface area contributed by atoms with Crippen LogP contribution in [0.1, 0.15) is 46.6 Å². The second-order valence-electron chi connectivity index (χ2n) is 6.88. The molecule has 1 aromatic heterocycles. The van der Waals surface area contributed by atoms with E-state index in [2.05, 4.69) is 12.2 Å². The first-order valence-corrected chi connectivity index (χ1v) is 10.1. The molecular weight excluding hydrogens is 362 g/mol. The molecule has 2 aromatic rings. The van der Waals surface area contributed by atoms with Crippen molar-refractivity contribution >= 4 is 28.2 Å². The van der Waals surface area contributed by atoms with Crippen LogP contribution in [0.25, 0.3) is 0 Å². The van der Waals surface area contributed by atoms with Crippen molar-refractivity contribution in [1.29, 1.82) is 0 Å². The molecule has 0 saturated heterocycles. The maximum atomic E-state index is 12.5. The number of esters is 1. The molecule has 5 nitrogen and oxygen atoms in total. The summed E-state index contributed by atoms with van der Waals surface area (Å²) < 4.78 is 10.8. The van der Waals surface area contributed by atoms with Gasteiger partial charge < -0.3 is 14.8 Å². The van der Waals surface area contributed by atoms with E-state index in [1.807, 2.05) is 31.2 Å². The van der Waals surface area contributed by atoms with E-state index in [0.717, 1.165) is 30.4 Å². The standard InChI is InChI=1S/C21H25NO4S/c1-4-25-21(24)19-15-10-9-13(2)11-17(15)27-20(19)22-18(23)12-26-16-8-6-5-7-14(16)3/h5-8,13H,4,9-12H2,1-3H3,(H,22,23). The van der Waals surface area contributed by atoms with Crippen LogP contribution in [0.4, 0.5) is 5.00 Å². The highest BCUT2D eigenvalue weighted by Crippen LogP contribution is 2.40. The van der Waals surface area contributed by atoms with Crippen LogP contribution in [-0.2, 0) is 22.4 Å². The van der Waals surface area contributed by atoms with Crippen LogP contribution in [0.3, 0.4) is 0 Å². The van der Waals surface area contributed by atoms with Crippen LogP contribution in [0, 0.1) is 12.8 Å². The van der Waals surface area contributed by atoms with E-state index in [1.54, 1.807) is 6.92 Å². The number of carbonyl (C=O) groups is 2. The van der Waals surface area contributed by atoms with Crippen molar-refractivity contribution in [2.75, 3.05) is 18.5 Å². The largest absolute Gasteiger partial charge is 0.483 e. The molecule has 0 spiro atoms. The summed E-state index contributed by atoms with van der Waals surface area (Å²) in [7, 11) is 0. The Morgan fingerprint density at radius 2 is 2.07 bits per heavy atom. The maximum Gasteiger partial charge on any atom is 0.341 e. The molecule has 1 N–H and O–H groups in total. The van der Waals surface area contributed by atoms with Crippen molar-refractivity contribution in [2.45, 2.75) is 40.0 Å². The van der Waals surface area contributed by atoms with Gasteiger partial charge in [-0.1, -0.05) is 25.1 Å². The van der Waals surface area contributed by atoms with E-state index >= 15 is 0 Å². The number of benzene rings is 1. The van der Waals surface area contributed by atoms with E-state index in [1.165, 1.54) is 16.2 Å².